The number of furan rings is 1. The van der Waals surface area contributed by atoms with Gasteiger partial charge in [-0.25, -0.2) is 8.42 Å². The number of aliphatic carboxylic acids is 1. The van der Waals surface area contributed by atoms with E-state index in [1.807, 2.05) is 12.1 Å². The van der Waals surface area contributed by atoms with Gasteiger partial charge < -0.3 is 9.52 Å². The van der Waals surface area contributed by atoms with Crippen molar-refractivity contribution in [3.8, 4) is 0 Å². The van der Waals surface area contributed by atoms with Crippen LogP contribution in [-0.4, -0.2) is 26.0 Å². The van der Waals surface area contributed by atoms with E-state index in [0.29, 0.717) is 18.5 Å². The second kappa shape index (κ2) is 6.08. The Hall–Kier alpha value is -2.28. The van der Waals surface area contributed by atoms with Crippen molar-refractivity contribution in [2.24, 2.45) is 5.92 Å². The van der Waals surface area contributed by atoms with Crippen molar-refractivity contribution < 1.29 is 22.7 Å². The summed E-state index contributed by atoms with van der Waals surface area (Å²) in [7, 11) is -3.71. The summed E-state index contributed by atoms with van der Waals surface area (Å²) in [5, 5.41) is 8.87. The molecule has 0 fully saturated rings. The van der Waals surface area contributed by atoms with Crippen LogP contribution in [0.15, 0.2) is 52.2 Å². The number of hydrogen-bond acceptors (Lipinski definition) is 4. The Morgan fingerprint density at radius 2 is 2.09 bits per heavy atom. The van der Waals surface area contributed by atoms with Gasteiger partial charge in [0.15, 0.2) is 0 Å². The molecule has 1 aliphatic rings. The van der Waals surface area contributed by atoms with Crippen molar-refractivity contribution in [3.63, 3.8) is 0 Å². The second-order valence-electron chi connectivity index (χ2n) is 5.63. The summed E-state index contributed by atoms with van der Waals surface area (Å²) in [5.74, 6) is -0.893. The van der Waals surface area contributed by atoms with Crippen LogP contribution >= 0.6 is 0 Å². The second-order valence-corrected chi connectivity index (χ2v) is 7.49. The van der Waals surface area contributed by atoms with E-state index in [2.05, 4.69) is 0 Å². The van der Waals surface area contributed by atoms with Crippen LogP contribution < -0.4 is 4.31 Å². The minimum atomic E-state index is -3.71. The SMILES string of the molecule is O=C(O)CCC1Cc2ccccc2N(S(=O)(=O)c2ccoc2)C1. The molecule has 0 aliphatic carbocycles. The molecule has 1 aromatic heterocycles. The predicted molar refractivity (Wildman–Crippen MR) is 83.7 cm³/mol. The number of carboxylic acid groups (broad SMARTS) is 1. The van der Waals surface area contributed by atoms with Gasteiger partial charge in [0, 0.05) is 13.0 Å². The number of carbonyl (C=O) groups is 1. The Morgan fingerprint density at radius 3 is 2.78 bits per heavy atom. The lowest BCUT2D eigenvalue weighted by molar-refractivity contribution is -0.137. The van der Waals surface area contributed by atoms with Crippen molar-refractivity contribution in [1.82, 2.24) is 0 Å². The van der Waals surface area contributed by atoms with Crippen molar-refractivity contribution in [1.29, 1.82) is 0 Å². The minimum Gasteiger partial charge on any atom is -0.481 e. The number of para-hydroxylation sites is 1. The predicted octanol–water partition coefficient (Wildman–Crippen LogP) is 2.51. The number of carboxylic acids is 1. The Bertz CT molecular complexity index is 798. The van der Waals surface area contributed by atoms with Crippen molar-refractivity contribution in [2.45, 2.75) is 24.2 Å². The Morgan fingerprint density at radius 1 is 1.30 bits per heavy atom. The summed E-state index contributed by atoms with van der Waals surface area (Å²) in [5.41, 5.74) is 1.57. The molecule has 122 valence electrons. The zero-order valence-electron chi connectivity index (χ0n) is 12.4. The zero-order chi connectivity index (χ0) is 16.4. The average molecular weight is 335 g/mol. The molecule has 6 nitrogen and oxygen atoms in total. The molecule has 23 heavy (non-hydrogen) atoms. The van der Waals surface area contributed by atoms with Gasteiger partial charge in [0.1, 0.15) is 11.2 Å². The summed E-state index contributed by atoms with van der Waals surface area (Å²) in [6.07, 6.45) is 3.69. The highest BCUT2D eigenvalue weighted by atomic mass is 32.2. The van der Waals surface area contributed by atoms with Crippen LogP contribution in [-0.2, 0) is 21.2 Å². The fraction of sp³-hybridized carbons (Fsp3) is 0.312. The van der Waals surface area contributed by atoms with Crippen LogP contribution in [0.5, 0.6) is 0 Å². The maximum atomic E-state index is 12.8. The van der Waals surface area contributed by atoms with Gasteiger partial charge in [-0.15, -0.1) is 0 Å². The lowest BCUT2D eigenvalue weighted by Gasteiger charge is -2.34. The van der Waals surface area contributed by atoms with Gasteiger partial charge in [-0.1, -0.05) is 18.2 Å². The van der Waals surface area contributed by atoms with E-state index < -0.39 is 16.0 Å². The molecule has 1 N–H and O–H groups in total. The third kappa shape index (κ3) is 3.10. The normalized spacial score (nSPS) is 17.7. The van der Waals surface area contributed by atoms with E-state index in [9.17, 15) is 13.2 Å². The maximum absolute atomic E-state index is 12.8. The third-order valence-corrected chi connectivity index (χ3v) is 5.80. The van der Waals surface area contributed by atoms with Crippen molar-refractivity contribution in [3.05, 3.63) is 48.4 Å². The molecule has 1 aromatic carbocycles. The highest BCUT2D eigenvalue weighted by Crippen LogP contribution is 2.35. The molecule has 0 bridgehead atoms. The van der Waals surface area contributed by atoms with Gasteiger partial charge in [-0.05, 0) is 36.5 Å². The van der Waals surface area contributed by atoms with Crippen LogP contribution in [0.3, 0.4) is 0 Å². The Balaban J connectivity index is 1.96. The van der Waals surface area contributed by atoms with Crippen molar-refractivity contribution >= 4 is 21.7 Å². The molecule has 3 rings (SSSR count). The number of rotatable bonds is 5. The number of hydrogen-bond donors (Lipinski definition) is 1. The first kappa shape index (κ1) is 15.6. The number of benzene rings is 1. The summed E-state index contributed by atoms with van der Waals surface area (Å²) < 4.78 is 32.0. The first-order chi connectivity index (χ1) is 11.0. The quantitative estimate of drug-likeness (QED) is 0.907. The first-order valence-corrected chi connectivity index (χ1v) is 8.77. The van der Waals surface area contributed by atoms with Crippen LogP contribution in [0, 0.1) is 5.92 Å². The third-order valence-electron chi connectivity index (χ3n) is 4.04. The number of anilines is 1. The molecule has 7 heteroatoms. The van der Waals surface area contributed by atoms with Crippen LogP contribution in [0.4, 0.5) is 5.69 Å². The molecule has 0 amide bonds. The summed E-state index contributed by atoms with van der Waals surface area (Å²) in [4.78, 5) is 10.9. The fourth-order valence-electron chi connectivity index (χ4n) is 2.91. The highest BCUT2D eigenvalue weighted by Gasteiger charge is 2.33. The van der Waals surface area contributed by atoms with Crippen molar-refractivity contribution in [2.75, 3.05) is 10.8 Å². The Kier molecular flexibility index (Phi) is 4.12. The van der Waals surface area contributed by atoms with Gasteiger partial charge >= 0.3 is 5.97 Å². The molecule has 1 atom stereocenters. The zero-order valence-corrected chi connectivity index (χ0v) is 13.2. The summed E-state index contributed by atoms with van der Waals surface area (Å²) in [6.45, 7) is 0.276. The smallest absolute Gasteiger partial charge is 0.303 e. The molecule has 0 radical (unpaired) electrons. The molecule has 0 saturated carbocycles. The van der Waals surface area contributed by atoms with Gasteiger partial charge in [0.2, 0.25) is 0 Å². The van der Waals surface area contributed by atoms with Crippen LogP contribution in [0.25, 0.3) is 0 Å². The topological polar surface area (TPSA) is 87.8 Å². The maximum Gasteiger partial charge on any atom is 0.303 e. The summed E-state index contributed by atoms with van der Waals surface area (Å²) >= 11 is 0. The molecule has 0 spiro atoms. The average Bonchev–Trinajstić information content (AvgIpc) is 3.07. The van der Waals surface area contributed by atoms with Crippen LogP contribution in [0.1, 0.15) is 18.4 Å². The standard InChI is InChI=1S/C16H17NO5S/c18-16(19)6-5-12-9-13-3-1-2-4-15(13)17(10-12)23(20,21)14-7-8-22-11-14/h1-4,7-8,11-12H,5-6,9-10H2,(H,18,19). The van der Waals surface area contributed by atoms with E-state index in [1.165, 1.54) is 22.9 Å². The molecular formula is C16H17NO5S. The molecule has 2 heterocycles. The first-order valence-electron chi connectivity index (χ1n) is 7.33. The number of nitrogens with zero attached hydrogens (tertiary/aromatic N) is 1. The van der Waals surface area contributed by atoms with E-state index in [1.54, 1.807) is 12.1 Å². The lowest BCUT2D eigenvalue weighted by Crippen LogP contribution is -2.40. The van der Waals surface area contributed by atoms with E-state index in [-0.39, 0.29) is 23.8 Å². The number of fused-ring (bicyclic) bond motifs is 1. The fourth-order valence-corrected chi connectivity index (χ4v) is 4.41. The molecule has 1 aliphatic heterocycles. The van der Waals surface area contributed by atoms with Gasteiger partial charge in [0.25, 0.3) is 10.0 Å². The summed E-state index contributed by atoms with van der Waals surface area (Å²) in [6, 6.07) is 8.74. The monoisotopic (exact) mass is 335 g/mol. The molecule has 1 unspecified atom stereocenters. The van der Waals surface area contributed by atoms with Crippen LogP contribution in [0.2, 0.25) is 0 Å². The van der Waals surface area contributed by atoms with E-state index >= 15 is 0 Å². The van der Waals surface area contributed by atoms with Gasteiger partial charge in [0.05, 0.1) is 12.0 Å². The van der Waals surface area contributed by atoms with Gasteiger partial charge in [-0.3, -0.25) is 9.10 Å². The molecule has 2 aromatic rings. The van der Waals surface area contributed by atoms with E-state index in [4.69, 9.17) is 9.52 Å². The molecular weight excluding hydrogens is 318 g/mol. The largest absolute Gasteiger partial charge is 0.481 e. The minimum absolute atomic E-state index is 0.0253. The number of sulfonamides is 1. The van der Waals surface area contributed by atoms with E-state index in [0.717, 1.165) is 5.56 Å². The highest BCUT2D eigenvalue weighted by molar-refractivity contribution is 7.92. The van der Waals surface area contributed by atoms with Gasteiger partial charge in [-0.2, -0.15) is 0 Å². The molecule has 0 saturated heterocycles. The Labute approximate surface area is 134 Å². The lowest BCUT2D eigenvalue weighted by atomic mass is 9.90.